The van der Waals surface area contributed by atoms with Crippen LogP contribution in [0, 0.1) is 11.3 Å². The molecule has 3 nitrogen and oxygen atoms in total. The number of aliphatic hydroxyl groups excluding tert-OH is 1. The van der Waals surface area contributed by atoms with Crippen molar-refractivity contribution in [2.75, 3.05) is 7.11 Å². The molecule has 0 saturated heterocycles. The van der Waals surface area contributed by atoms with Crippen molar-refractivity contribution in [2.24, 2.45) is 11.3 Å². The van der Waals surface area contributed by atoms with Gasteiger partial charge in [-0.15, -0.1) is 0 Å². The third-order valence-electron chi connectivity index (χ3n) is 6.09. The smallest absolute Gasteiger partial charge is 0.164 e. The van der Waals surface area contributed by atoms with Crippen LogP contribution >= 0.6 is 0 Å². The summed E-state index contributed by atoms with van der Waals surface area (Å²) in [5, 5.41) is 10.4. The predicted octanol–water partition coefficient (Wildman–Crippen LogP) is 3.15. The average Bonchev–Trinajstić information content (AvgIpc) is 2.81. The van der Waals surface area contributed by atoms with Crippen LogP contribution in [0.2, 0.25) is 0 Å². The Balaban J connectivity index is 1.86. The summed E-state index contributed by atoms with van der Waals surface area (Å²) in [5.74, 6) is 1.43. The van der Waals surface area contributed by atoms with Crippen molar-refractivity contribution in [2.45, 2.75) is 45.1 Å². The highest BCUT2D eigenvalue weighted by Gasteiger charge is 2.52. The first-order chi connectivity index (χ1) is 10.5. The number of aryl methyl sites for hydroxylation is 1. The lowest BCUT2D eigenvalue weighted by atomic mass is 9.62. The van der Waals surface area contributed by atoms with E-state index in [1.807, 2.05) is 12.1 Å². The summed E-state index contributed by atoms with van der Waals surface area (Å²) in [4.78, 5) is 12.8. The number of carbonyl (C=O) groups is 1. The van der Waals surface area contributed by atoms with Crippen LogP contribution in [0.15, 0.2) is 23.8 Å². The lowest BCUT2D eigenvalue weighted by Crippen LogP contribution is -2.40. The molecule has 1 unspecified atom stereocenters. The van der Waals surface area contributed by atoms with Gasteiger partial charge in [-0.2, -0.15) is 0 Å². The van der Waals surface area contributed by atoms with Gasteiger partial charge < -0.3 is 9.84 Å². The second kappa shape index (κ2) is 4.69. The maximum absolute atomic E-state index is 12.8. The van der Waals surface area contributed by atoms with E-state index in [1.54, 1.807) is 7.11 Å². The number of ether oxygens (including phenoxy) is 1. The summed E-state index contributed by atoms with van der Waals surface area (Å²) < 4.78 is 5.31. The van der Waals surface area contributed by atoms with Crippen LogP contribution in [-0.4, -0.2) is 24.1 Å². The van der Waals surface area contributed by atoms with E-state index in [2.05, 4.69) is 13.0 Å². The molecule has 0 aliphatic heterocycles. The van der Waals surface area contributed by atoms with Crippen molar-refractivity contribution >= 4 is 11.4 Å². The number of fused-ring (bicyclic) bond motifs is 4. The van der Waals surface area contributed by atoms with Gasteiger partial charge in [0.2, 0.25) is 0 Å². The number of aliphatic hydroxyl groups is 1. The first-order valence-electron chi connectivity index (χ1n) is 8.16. The predicted molar refractivity (Wildman–Crippen MR) is 84.7 cm³/mol. The molecule has 3 aliphatic rings. The molecule has 116 valence electrons. The highest BCUT2D eigenvalue weighted by Crippen LogP contribution is 2.56. The average molecular weight is 298 g/mol. The van der Waals surface area contributed by atoms with Crippen LogP contribution in [0.4, 0.5) is 0 Å². The maximum Gasteiger partial charge on any atom is 0.164 e. The van der Waals surface area contributed by atoms with Crippen LogP contribution in [0.3, 0.4) is 0 Å². The second-order valence-corrected chi connectivity index (χ2v) is 7.17. The van der Waals surface area contributed by atoms with Gasteiger partial charge in [-0.25, -0.2) is 0 Å². The molecule has 1 fully saturated rings. The Morgan fingerprint density at radius 3 is 2.86 bits per heavy atom. The Kier molecular flexibility index (Phi) is 2.99. The fourth-order valence-electron chi connectivity index (χ4n) is 4.86. The summed E-state index contributed by atoms with van der Waals surface area (Å²) in [5.41, 5.74) is 4.30. The quantitative estimate of drug-likeness (QED) is 0.866. The molecule has 3 heteroatoms. The molecular formula is C19H22O3. The minimum Gasteiger partial charge on any atom is -0.497 e. The van der Waals surface area contributed by atoms with Crippen LogP contribution < -0.4 is 4.74 Å². The Bertz CT molecular complexity index is 688. The van der Waals surface area contributed by atoms with Crippen LogP contribution in [0.25, 0.3) is 5.57 Å². The Morgan fingerprint density at radius 2 is 2.09 bits per heavy atom. The fourth-order valence-corrected chi connectivity index (χ4v) is 4.86. The second-order valence-electron chi connectivity index (χ2n) is 7.17. The van der Waals surface area contributed by atoms with Gasteiger partial charge in [-0.05, 0) is 54.9 Å². The third kappa shape index (κ3) is 1.75. The van der Waals surface area contributed by atoms with Gasteiger partial charge in [0.05, 0.1) is 13.2 Å². The highest BCUT2D eigenvalue weighted by molar-refractivity contribution is 6.23. The summed E-state index contributed by atoms with van der Waals surface area (Å²) in [6.07, 6.45) is 3.86. The molecule has 0 heterocycles. The van der Waals surface area contributed by atoms with Crippen molar-refractivity contribution in [3.8, 4) is 5.75 Å². The molecule has 1 aromatic carbocycles. The lowest BCUT2D eigenvalue weighted by molar-refractivity contribution is -0.118. The van der Waals surface area contributed by atoms with Gasteiger partial charge in [0.25, 0.3) is 0 Å². The van der Waals surface area contributed by atoms with E-state index in [0.717, 1.165) is 42.6 Å². The fraction of sp³-hybridized carbons (Fsp3) is 0.526. The van der Waals surface area contributed by atoms with Crippen molar-refractivity contribution in [1.29, 1.82) is 0 Å². The van der Waals surface area contributed by atoms with Gasteiger partial charge in [-0.1, -0.05) is 18.6 Å². The minimum absolute atomic E-state index is 0.209. The van der Waals surface area contributed by atoms with E-state index in [-0.39, 0.29) is 17.3 Å². The first-order valence-corrected chi connectivity index (χ1v) is 8.16. The molecule has 3 aliphatic carbocycles. The summed E-state index contributed by atoms with van der Waals surface area (Å²) in [6, 6.07) is 6.04. The molecule has 0 aromatic heterocycles. The molecule has 22 heavy (non-hydrogen) atoms. The monoisotopic (exact) mass is 298 g/mol. The molecule has 1 aromatic rings. The Hall–Kier alpha value is -1.61. The SMILES string of the molecule is COc1ccc2c(c1)CCC1=C2C(=O)C[C@@]2(C)C1CC[C@@H]2O. The van der Waals surface area contributed by atoms with Gasteiger partial charge in [0, 0.05) is 17.4 Å². The number of methoxy groups -OCH3 is 1. The van der Waals surface area contributed by atoms with Gasteiger partial charge in [0.1, 0.15) is 5.75 Å². The number of rotatable bonds is 1. The van der Waals surface area contributed by atoms with Crippen molar-refractivity contribution in [3.63, 3.8) is 0 Å². The van der Waals surface area contributed by atoms with E-state index in [9.17, 15) is 9.90 Å². The molecule has 0 spiro atoms. The third-order valence-corrected chi connectivity index (χ3v) is 6.09. The van der Waals surface area contributed by atoms with E-state index in [4.69, 9.17) is 4.74 Å². The van der Waals surface area contributed by atoms with Gasteiger partial charge >= 0.3 is 0 Å². The molecule has 3 atom stereocenters. The number of carbonyl (C=O) groups excluding carboxylic acids is 1. The summed E-state index contributed by atoms with van der Waals surface area (Å²) in [6.45, 7) is 2.10. The topological polar surface area (TPSA) is 46.5 Å². The van der Waals surface area contributed by atoms with Gasteiger partial charge in [-0.3, -0.25) is 4.79 Å². The van der Waals surface area contributed by atoms with E-state index >= 15 is 0 Å². The lowest BCUT2D eigenvalue weighted by Gasteiger charge is -2.42. The van der Waals surface area contributed by atoms with E-state index in [1.165, 1.54) is 11.1 Å². The number of hydrogen-bond acceptors (Lipinski definition) is 3. The molecule has 0 amide bonds. The van der Waals surface area contributed by atoms with Crippen molar-refractivity contribution in [3.05, 3.63) is 34.9 Å². The minimum atomic E-state index is -0.340. The number of Topliss-reactive ketones (excluding diaryl/α,β-unsaturated/α-hetero) is 1. The molecule has 0 radical (unpaired) electrons. The van der Waals surface area contributed by atoms with Crippen molar-refractivity contribution < 1.29 is 14.6 Å². The van der Waals surface area contributed by atoms with Crippen LogP contribution in [-0.2, 0) is 11.2 Å². The van der Waals surface area contributed by atoms with Gasteiger partial charge in [0.15, 0.2) is 5.78 Å². The van der Waals surface area contributed by atoms with Crippen molar-refractivity contribution in [1.82, 2.24) is 0 Å². The molecule has 1 saturated carbocycles. The summed E-state index contributed by atoms with van der Waals surface area (Å²) in [7, 11) is 1.67. The van der Waals surface area contributed by atoms with E-state index in [0.29, 0.717) is 12.3 Å². The maximum atomic E-state index is 12.8. The molecule has 1 N–H and O–H groups in total. The normalized spacial score (nSPS) is 33.3. The zero-order valence-corrected chi connectivity index (χ0v) is 13.2. The first kappa shape index (κ1) is 14.0. The zero-order valence-electron chi connectivity index (χ0n) is 13.2. The molecule has 4 rings (SSSR count). The Labute approximate surface area is 131 Å². The number of ketones is 1. The van der Waals surface area contributed by atoms with E-state index < -0.39 is 0 Å². The number of hydrogen-bond donors (Lipinski definition) is 1. The Morgan fingerprint density at radius 1 is 1.27 bits per heavy atom. The number of benzene rings is 1. The number of allylic oxidation sites excluding steroid dienone is 2. The highest BCUT2D eigenvalue weighted by atomic mass is 16.5. The van der Waals surface area contributed by atoms with Crippen LogP contribution in [0.1, 0.15) is 43.7 Å². The molecule has 0 bridgehead atoms. The largest absolute Gasteiger partial charge is 0.497 e. The zero-order chi connectivity index (χ0) is 15.5. The molecular weight excluding hydrogens is 276 g/mol. The summed E-state index contributed by atoms with van der Waals surface area (Å²) >= 11 is 0. The standard InChI is InChI=1S/C19H22O3/c1-19-10-16(20)18-13-6-4-12(22-2)9-11(13)3-5-14(18)15(19)7-8-17(19)21/h4,6,9,15,17,21H,3,5,7-8,10H2,1-2H3/t15?,17-,19-/m0/s1. The van der Waals surface area contributed by atoms with Crippen LogP contribution in [0.5, 0.6) is 5.75 Å².